The first kappa shape index (κ1) is 20.0. The minimum atomic E-state index is -0.516. The number of carbonyl (C=O) groups is 1. The fraction of sp³-hybridized carbons (Fsp3) is 0.227. The maximum Gasteiger partial charge on any atom is 0.293 e. The van der Waals surface area contributed by atoms with Crippen LogP contribution >= 0.6 is 0 Å². The molecule has 1 N–H and O–H groups in total. The van der Waals surface area contributed by atoms with E-state index in [2.05, 4.69) is 25.4 Å². The number of ether oxygens (including phenoxy) is 1. The number of aryl methyl sites for hydroxylation is 2. The second-order valence-corrected chi connectivity index (χ2v) is 7.37. The van der Waals surface area contributed by atoms with E-state index in [0.717, 1.165) is 17.6 Å². The Bertz CT molecular complexity index is 1370. The molecule has 0 saturated heterocycles. The molecule has 0 aliphatic carbocycles. The maximum atomic E-state index is 14.6. The van der Waals surface area contributed by atoms with E-state index in [9.17, 15) is 9.18 Å². The largest absolute Gasteiger partial charge is 0.436 e. The second-order valence-electron chi connectivity index (χ2n) is 7.37. The van der Waals surface area contributed by atoms with E-state index < -0.39 is 11.7 Å². The van der Waals surface area contributed by atoms with Crippen LogP contribution < -0.4 is 5.32 Å². The van der Waals surface area contributed by atoms with Crippen molar-refractivity contribution in [3.05, 3.63) is 65.4 Å². The zero-order chi connectivity index (χ0) is 22.2. The molecule has 1 amide bonds. The zero-order valence-corrected chi connectivity index (χ0v) is 17.4. The normalized spacial score (nSPS) is 13.9. The van der Waals surface area contributed by atoms with Crippen molar-refractivity contribution in [1.29, 1.82) is 0 Å². The van der Waals surface area contributed by atoms with Crippen LogP contribution in [0.4, 0.5) is 10.1 Å². The molecule has 32 heavy (non-hydrogen) atoms. The Hall–Kier alpha value is -3.92. The van der Waals surface area contributed by atoms with Gasteiger partial charge in [-0.1, -0.05) is 6.08 Å². The van der Waals surface area contributed by atoms with Gasteiger partial charge in [0, 0.05) is 30.6 Å². The number of amides is 1. The van der Waals surface area contributed by atoms with Crippen LogP contribution in [0.1, 0.15) is 34.1 Å². The molecule has 0 radical (unpaired) electrons. The van der Waals surface area contributed by atoms with Crippen molar-refractivity contribution in [3.63, 3.8) is 0 Å². The SMILES string of the molecule is Cc1nc(C)c(C(=O)Nc2ccc(F)c(-c3nc4ncc(C5=CCOCC5)cn4n3)c2)o1. The van der Waals surface area contributed by atoms with Gasteiger partial charge in [-0.25, -0.2) is 18.9 Å². The van der Waals surface area contributed by atoms with Gasteiger partial charge in [-0.3, -0.25) is 4.79 Å². The van der Waals surface area contributed by atoms with Crippen LogP contribution in [0.3, 0.4) is 0 Å². The van der Waals surface area contributed by atoms with Gasteiger partial charge in [-0.2, -0.15) is 4.98 Å². The molecular formula is C22H19FN6O3. The molecule has 10 heteroatoms. The Morgan fingerprint density at radius 2 is 2.12 bits per heavy atom. The number of hydrogen-bond donors (Lipinski definition) is 1. The van der Waals surface area contributed by atoms with Gasteiger partial charge in [-0.15, -0.1) is 5.10 Å². The lowest BCUT2D eigenvalue weighted by atomic mass is 10.1. The molecule has 0 unspecified atom stereocenters. The van der Waals surface area contributed by atoms with Crippen molar-refractivity contribution in [1.82, 2.24) is 24.6 Å². The lowest BCUT2D eigenvalue weighted by molar-refractivity contribution is 0.0994. The van der Waals surface area contributed by atoms with Gasteiger partial charge < -0.3 is 14.5 Å². The minimum absolute atomic E-state index is 0.110. The molecular weight excluding hydrogens is 415 g/mol. The number of benzene rings is 1. The summed E-state index contributed by atoms with van der Waals surface area (Å²) in [5.41, 5.74) is 3.03. The van der Waals surface area contributed by atoms with Crippen LogP contribution in [-0.4, -0.2) is 43.7 Å². The molecule has 1 aliphatic heterocycles. The summed E-state index contributed by atoms with van der Waals surface area (Å²) in [4.78, 5) is 25.3. The number of oxazole rings is 1. The number of aromatic nitrogens is 5. The molecule has 3 aromatic heterocycles. The van der Waals surface area contributed by atoms with E-state index in [0.29, 0.717) is 36.3 Å². The highest BCUT2D eigenvalue weighted by molar-refractivity contribution is 6.03. The lowest BCUT2D eigenvalue weighted by Crippen LogP contribution is -2.12. The predicted octanol–water partition coefficient (Wildman–Crippen LogP) is 3.59. The number of anilines is 1. The summed E-state index contributed by atoms with van der Waals surface area (Å²) >= 11 is 0. The minimum Gasteiger partial charge on any atom is -0.436 e. The first-order chi connectivity index (χ1) is 15.5. The Morgan fingerprint density at radius 3 is 2.88 bits per heavy atom. The van der Waals surface area contributed by atoms with Gasteiger partial charge in [0.05, 0.1) is 24.5 Å². The Balaban J connectivity index is 1.45. The Kier molecular flexibility index (Phi) is 4.98. The molecule has 0 bridgehead atoms. The third-order valence-corrected chi connectivity index (χ3v) is 5.10. The van der Waals surface area contributed by atoms with Crippen molar-refractivity contribution in [3.8, 4) is 11.4 Å². The van der Waals surface area contributed by atoms with E-state index in [1.54, 1.807) is 20.0 Å². The average Bonchev–Trinajstić information content (AvgIpc) is 3.37. The number of fused-ring (bicyclic) bond motifs is 1. The van der Waals surface area contributed by atoms with Crippen molar-refractivity contribution in [2.24, 2.45) is 0 Å². The monoisotopic (exact) mass is 434 g/mol. The molecule has 1 aromatic carbocycles. The summed E-state index contributed by atoms with van der Waals surface area (Å²) in [6.07, 6.45) is 6.33. The number of carbonyl (C=O) groups excluding carboxylic acids is 1. The van der Waals surface area contributed by atoms with Crippen molar-refractivity contribution >= 4 is 22.9 Å². The number of halogens is 1. The molecule has 5 rings (SSSR count). The van der Waals surface area contributed by atoms with Crippen LogP contribution in [0.25, 0.3) is 22.7 Å². The van der Waals surface area contributed by atoms with Gasteiger partial charge in [-0.05, 0) is 37.1 Å². The molecule has 1 aliphatic rings. The van der Waals surface area contributed by atoms with Gasteiger partial charge in [0.2, 0.25) is 5.76 Å². The molecule has 0 atom stereocenters. The fourth-order valence-electron chi connectivity index (χ4n) is 3.56. The van der Waals surface area contributed by atoms with E-state index >= 15 is 0 Å². The van der Waals surface area contributed by atoms with Crippen molar-refractivity contribution in [2.75, 3.05) is 18.5 Å². The second kappa shape index (κ2) is 7.97. The Labute approximate surface area is 182 Å². The summed E-state index contributed by atoms with van der Waals surface area (Å²) in [7, 11) is 0. The predicted molar refractivity (Wildman–Crippen MR) is 114 cm³/mol. The molecule has 0 spiro atoms. The van der Waals surface area contributed by atoms with Crippen molar-refractivity contribution < 1.29 is 18.3 Å². The summed E-state index contributed by atoms with van der Waals surface area (Å²) < 4.78 is 26.8. The maximum absolute atomic E-state index is 14.6. The third kappa shape index (κ3) is 3.76. The molecule has 4 heterocycles. The topological polar surface area (TPSA) is 107 Å². The van der Waals surface area contributed by atoms with Gasteiger partial charge in [0.25, 0.3) is 11.7 Å². The Morgan fingerprint density at radius 1 is 1.25 bits per heavy atom. The van der Waals surface area contributed by atoms with E-state index in [1.807, 2.05) is 12.3 Å². The molecule has 4 aromatic rings. The zero-order valence-electron chi connectivity index (χ0n) is 17.4. The average molecular weight is 434 g/mol. The number of nitrogens with zero attached hydrogens (tertiary/aromatic N) is 5. The summed E-state index contributed by atoms with van der Waals surface area (Å²) in [5, 5.41) is 7.10. The van der Waals surface area contributed by atoms with E-state index in [-0.39, 0.29) is 17.1 Å². The highest BCUT2D eigenvalue weighted by Crippen LogP contribution is 2.26. The number of hydrogen-bond acceptors (Lipinski definition) is 7. The number of nitrogens with one attached hydrogen (secondary N) is 1. The molecule has 0 fully saturated rings. The van der Waals surface area contributed by atoms with Crippen LogP contribution in [0.15, 0.2) is 41.1 Å². The van der Waals surface area contributed by atoms with Gasteiger partial charge in [0.1, 0.15) is 5.82 Å². The highest BCUT2D eigenvalue weighted by Gasteiger charge is 2.18. The third-order valence-electron chi connectivity index (χ3n) is 5.10. The standard InChI is InChI=1S/C22H19FN6O3/c1-12-19(32-13(2)25-12)21(30)26-16-3-4-18(23)17(9-16)20-27-22-24-10-15(11-29(22)28-20)14-5-7-31-8-6-14/h3-5,9-11H,6-8H2,1-2H3,(H,26,30). The summed E-state index contributed by atoms with van der Waals surface area (Å²) in [6, 6.07) is 4.18. The van der Waals surface area contributed by atoms with Crippen molar-refractivity contribution in [2.45, 2.75) is 20.3 Å². The lowest BCUT2D eigenvalue weighted by Gasteiger charge is -2.12. The van der Waals surface area contributed by atoms with Gasteiger partial charge in [0.15, 0.2) is 11.7 Å². The van der Waals surface area contributed by atoms with Gasteiger partial charge >= 0.3 is 0 Å². The van der Waals surface area contributed by atoms with Crippen LogP contribution in [-0.2, 0) is 4.74 Å². The summed E-state index contributed by atoms with van der Waals surface area (Å²) in [5.74, 6) is 0.0228. The smallest absolute Gasteiger partial charge is 0.293 e. The van der Waals surface area contributed by atoms with Crippen LogP contribution in [0.2, 0.25) is 0 Å². The fourth-order valence-corrected chi connectivity index (χ4v) is 3.56. The van der Waals surface area contributed by atoms with Crippen LogP contribution in [0, 0.1) is 19.7 Å². The molecule has 162 valence electrons. The van der Waals surface area contributed by atoms with E-state index in [1.165, 1.54) is 22.7 Å². The summed E-state index contributed by atoms with van der Waals surface area (Å²) in [6.45, 7) is 4.56. The van der Waals surface area contributed by atoms with E-state index in [4.69, 9.17) is 9.15 Å². The highest BCUT2D eigenvalue weighted by atomic mass is 19.1. The number of rotatable bonds is 4. The van der Waals surface area contributed by atoms with Crippen LogP contribution in [0.5, 0.6) is 0 Å². The molecule has 9 nitrogen and oxygen atoms in total. The first-order valence-corrected chi connectivity index (χ1v) is 10.0. The first-order valence-electron chi connectivity index (χ1n) is 10.0. The molecule has 0 saturated carbocycles. The quantitative estimate of drug-likeness (QED) is 0.523.